The summed E-state index contributed by atoms with van der Waals surface area (Å²) < 4.78 is 7.67. The van der Waals surface area contributed by atoms with Gasteiger partial charge in [0.1, 0.15) is 17.9 Å². The summed E-state index contributed by atoms with van der Waals surface area (Å²) in [5.41, 5.74) is 2.28. The van der Waals surface area contributed by atoms with E-state index in [1.54, 1.807) is 6.20 Å². The first-order chi connectivity index (χ1) is 12.1. The van der Waals surface area contributed by atoms with Gasteiger partial charge < -0.3 is 19.7 Å². The van der Waals surface area contributed by atoms with Crippen LogP contribution >= 0.6 is 0 Å². The van der Waals surface area contributed by atoms with E-state index < -0.39 is 11.6 Å². The van der Waals surface area contributed by atoms with Gasteiger partial charge in [-0.15, -0.1) is 0 Å². The van der Waals surface area contributed by atoms with Crippen molar-refractivity contribution in [2.45, 2.75) is 38.5 Å². The van der Waals surface area contributed by atoms with Crippen molar-refractivity contribution in [1.82, 2.24) is 19.9 Å². The summed E-state index contributed by atoms with van der Waals surface area (Å²) in [7, 11) is 0. The van der Waals surface area contributed by atoms with Crippen LogP contribution in [0.5, 0.6) is 0 Å². The number of amides is 1. The Hall–Kier alpha value is -2.67. The summed E-state index contributed by atoms with van der Waals surface area (Å²) in [6.07, 6.45) is 2.44. The quantitative estimate of drug-likeness (QED) is 0.720. The second-order valence-corrected chi connectivity index (χ2v) is 6.47. The number of fused-ring (bicyclic) bond motifs is 3. The molecule has 1 fully saturated rings. The Balaban J connectivity index is 1.86. The van der Waals surface area contributed by atoms with Crippen molar-refractivity contribution in [3.63, 3.8) is 0 Å². The summed E-state index contributed by atoms with van der Waals surface area (Å²) in [6.45, 7) is 3.48. The SMILES string of the molecule is CCOCc1nc2cnc3ccccc3c2n1CC1(NC(=O)O)CC1. The van der Waals surface area contributed by atoms with Crippen LogP contribution in [-0.2, 0) is 17.9 Å². The topological polar surface area (TPSA) is 89.3 Å². The maximum absolute atomic E-state index is 11.1. The molecule has 0 spiro atoms. The summed E-state index contributed by atoms with van der Waals surface area (Å²) in [4.78, 5) is 20.3. The molecule has 1 aliphatic carbocycles. The third kappa shape index (κ3) is 2.91. The molecule has 2 aromatic heterocycles. The van der Waals surface area contributed by atoms with Crippen LogP contribution in [0.15, 0.2) is 30.5 Å². The van der Waals surface area contributed by atoms with Crippen molar-refractivity contribution in [3.05, 3.63) is 36.3 Å². The number of carboxylic acid groups (broad SMARTS) is 1. The molecule has 3 aromatic rings. The van der Waals surface area contributed by atoms with Crippen molar-refractivity contribution in [2.24, 2.45) is 0 Å². The van der Waals surface area contributed by atoms with Gasteiger partial charge in [-0.25, -0.2) is 9.78 Å². The number of carbonyl (C=O) groups is 1. The first-order valence-corrected chi connectivity index (χ1v) is 8.43. The number of pyridine rings is 1. The lowest BCUT2D eigenvalue weighted by Gasteiger charge is -2.19. The summed E-state index contributed by atoms with van der Waals surface area (Å²) in [6, 6.07) is 7.93. The lowest BCUT2D eigenvalue weighted by molar-refractivity contribution is 0.125. The van der Waals surface area contributed by atoms with Crippen LogP contribution in [0.2, 0.25) is 0 Å². The van der Waals surface area contributed by atoms with E-state index in [9.17, 15) is 4.79 Å². The first kappa shape index (κ1) is 15.8. The number of nitrogens with zero attached hydrogens (tertiary/aromatic N) is 3. The number of hydrogen-bond donors (Lipinski definition) is 2. The van der Waals surface area contributed by atoms with Gasteiger partial charge in [0.25, 0.3) is 0 Å². The van der Waals surface area contributed by atoms with Gasteiger partial charge in [-0.1, -0.05) is 18.2 Å². The molecule has 1 amide bonds. The van der Waals surface area contributed by atoms with Crippen LogP contribution in [-0.4, -0.2) is 37.9 Å². The van der Waals surface area contributed by atoms with Crippen molar-refractivity contribution < 1.29 is 14.6 Å². The first-order valence-electron chi connectivity index (χ1n) is 8.43. The molecule has 0 aliphatic heterocycles. The van der Waals surface area contributed by atoms with E-state index in [2.05, 4.69) is 14.9 Å². The van der Waals surface area contributed by atoms with Gasteiger partial charge >= 0.3 is 6.09 Å². The second kappa shape index (κ2) is 6.00. The molecule has 0 bridgehead atoms. The van der Waals surface area contributed by atoms with Crippen LogP contribution in [0.1, 0.15) is 25.6 Å². The lowest BCUT2D eigenvalue weighted by atomic mass is 10.2. The highest BCUT2D eigenvalue weighted by molar-refractivity contribution is 6.02. The standard InChI is InChI=1S/C18H20N4O3/c1-2-25-10-15-20-14-9-19-13-6-4-3-5-12(13)16(14)22(15)11-18(7-8-18)21-17(23)24/h3-6,9,21H,2,7-8,10-11H2,1H3,(H,23,24). The molecule has 0 radical (unpaired) electrons. The Labute approximate surface area is 144 Å². The minimum absolute atomic E-state index is 0.392. The van der Waals surface area contributed by atoms with Crippen LogP contribution in [0.4, 0.5) is 4.79 Å². The molecule has 7 nitrogen and oxygen atoms in total. The Kier molecular flexibility index (Phi) is 3.80. The van der Waals surface area contributed by atoms with Crippen LogP contribution in [0.25, 0.3) is 21.9 Å². The smallest absolute Gasteiger partial charge is 0.405 e. The average Bonchev–Trinajstić information content (AvgIpc) is 3.25. The van der Waals surface area contributed by atoms with Gasteiger partial charge in [-0.2, -0.15) is 0 Å². The van der Waals surface area contributed by atoms with Crippen molar-refractivity contribution >= 4 is 28.0 Å². The Morgan fingerprint density at radius 1 is 1.36 bits per heavy atom. The van der Waals surface area contributed by atoms with E-state index >= 15 is 0 Å². The molecule has 1 aliphatic rings. The van der Waals surface area contributed by atoms with Gasteiger partial charge in [0.15, 0.2) is 0 Å². The number of imidazole rings is 1. The Morgan fingerprint density at radius 3 is 2.88 bits per heavy atom. The fourth-order valence-electron chi connectivity index (χ4n) is 3.29. The summed E-state index contributed by atoms with van der Waals surface area (Å²) in [5.74, 6) is 0.800. The third-order valence-electron chi connectivity index (χ3n) is 4.68. The van der Waals surface area contributed by atoms with Gasteiger partial charge in [0.05, 0.1) is 22.8 Å². The fourth-order valence-corrected chi connectivity index (χ4v) is 3.29. The molecule has 1 saturated carbocycles. The Bertz CT molecular complexity index is 946. The van der Waals surface area contributed by atoms with Crippen LogP contribution in [0, 0.1) is 0 Å². The zero-order valence-electron chi connectivity index (χ0n) is 14.0. The minimum atomic E-state index is -0.986. The second-order valence-electron chi connectivity index (χ2n) is 6.47. The largest absolute Gasteiger partial charge is 0.465 e. The summed E-state index contributed by atoms with van der Waals surface area (Å²) in [5, 5.41) is 12.8. The number of benzene rings is 1. The van der Waals surface area contributed by atoms with Gasteiger partial charge in [0, 0.05) is 18.5 Å². The molecule has 25 heavy (non-hydrogen) atoms. The molecule has 2 N–H and O–H groups in total. The zero-order chi connectivity index (χ0) is 17.4. The highest BCUT2D eigenvalue weighted by atomic mass is 16.5. The number of aromatic nitrogens is 3. The molecule has 4 rings (SSSR count). The molecule has 2 heterocycles. The Morgan fingerprint density at radius 2 is 2.16 bits per heavy atom. The number of hydrogen-bond acceptors (Lipinski definition) is 4. The zero-order valence-corrected chi connectivity index (χ0v) is 14.0. The van der Waals surface area contributed by atoms with E-state index in [0.717, 1.165) is 40.6 Å². The average molecular weight is 340 g/mol. The number of para-hydroxylation sites is 1. The van der Waals surface area contributed by atoms with Gasteiger partial charge in [0.2, 0.25) is 0 Å². The molecular formula is C18H20N4O3. The third-order valence-corrected chi connectivity index (χ3v) is 4.68. The molecule has 1 aromatic carbocycles. The molecule has 130 valence electrons. The van der Waals surface area contributed by atoms with Crippen LogP contribution in [0.3, 0.4) is 0 Å². The van der Waals surface area contributed by atoms with Crippen molar-refractivity contribution in [1.29, 1.82) is 0 Å². The van der Waals surface area contributed by atoms with Gasteiger partial charge in [-0.05, 0) is 25.8 Å². The van der Waals surface area contributed by atoms with E-state index in [1.165, 1.54) is 0 Å². The van der Waals surface area contributed by atoms with Crippen LogP contribution < -0.4 is 5.32 Å². The molecule has 0 unspecified atom stereocenters. The summed E-state index contributed by atoms with van der Waals surface area (Å²) >= 11 is 0. The van der Waals surface area contributed by atoms with E-state index in [-0.39, 0.29) is 0 Å². The van der Waals surface area contributed by atoms with E-state index in [4.69, 9.17) is 14.8 Å². The number of nitrogens with one attached hydrogen (secondary N) is 1. The highest BCUT2D eigenvalue weighted by Gasteiger charge is 2.45. The maximum Gasteiger partial charge on any atom is 0.405 e. The molecule has 0 saturated heterocycles. The minimum Gasteiger partial charge on any atom is -0.465 e. The maximum atomic E-state index is 11.1. The monoisotopic (exact) mass is 340 g/mol. The predicted molar refractivity (Wildman–Crippen MR) is 93.5 cm³/mol. The molecule has 7 heteroatoms. The number of ether oxygens (including phenoxy) is 1. The molecular weight excluding hydrogens is 320 g/mol. The van der Waals surface area contributed by atoms with Gasteiger partial charge in [-0.3, -0.25) is 4.98 Å². The van der Waals surface area contributed by atoms with Crippen molar-refractivity contribution in [2.75, 3.05) is 6.61 Å². The number of rotatable bonds is 6. The van der Waals surface area contributed by atoms with Crippen molar-refractivity contribution in [3.8, 4) is 0 Å². The van der Waals surface area contributed by atoms with E-state index in [1.807, 2.05) is 31.2 Å². The normalized spacial score (nSPS) is 15.6. The molecule has 0 atom stereocenters. The van der Waals surface area contributed by atoms with E-state index in [0.29, 0.717) is 19.8 Å². The lowest BCUT2D eigenvalue weighted by Crippen LogP contribution is -2.39. The fraction of sp³-hybridized carbons (Fsp3) is 0.389. The highest BCUT2D eigenvalue weighted by Crippen LogP contribution is 2.39. The predicted octanol–water partition coefficient (Wildman–Crippen LogP) is 2.92.